The molecule has 1 unspecified atom stereocenters. The van der Waals surface area contributed by atoms with Crippen molar-refractivity contribution in [3.8, 4) is 5.75 Å². The molecular formula is C15H13Br2FO2. The van der Waals surface area contributed by atoms with Crippen LogP contribution in [0.5, 0.6) is 5.75 Å². The van der Waals surface area contributed by atoms with Gasteiger partial charge in [0.15, 0.2) is 0 Å². The Balaban J connectivity index is 2.41. The number of hydrogen-bond donors (Lipinski definition) is 1. The lowest BCUT2D eigenvalue weighted by molar-refractivity contribution is 0.213. The van der Waals surface area contributed by atoms with Gasteiger partial charge in [-0.2, -0.15) is 0 Å². The van der Waals surface area contributed by atoms with Crippen LogP contribution >= 0.6 is 31.9 Å². The fourth-order valence-corrected chi connectivity index (χ4v) is 3.05. The van der Waals surface area contributed by atoms with E-state index in [0.29, 0.717) is 26.9 Å². The van der Waals surface area contributed by atoms with Gasteiger partial charge in [0.05, 0.1) is 6.61 Å². The van der Waals surface area contributed by atoms with Crippen LogP contribution in [-0.4, -0.2) is 11.7 Å². The number of benzene rings is 2. The molecule has 0 aliphatic carbocycles. The Kier molecular flexibility index (Phi) is 5.18. The van der Waals surface area contributed by atoms with E-state index in [0.717, 1.165) is 0 Å². The van der Waals surface area contributed by atoms with Gasteiger partial charge in [-0.05, 0) is 36.8 Å². The molecule has 0 heterocycles. The normalized spacial score (nSPS) is 12.2. The summed E-state index contributed by atoms with van der Waals surface area (Å²) in [6.07, 6.45) is -1.06. The first kappa shape index (κ1) is 15.5. The number of ether oxygens (including phenoxy) is 1. The van der Waals surface area contributed by atoms with Crippen molar-refractivity contribution in [1.29, 1.82) is 0 Å². The maximum Gasteiger partial charge on any atom is 0.130 e. The quantitative estimate of drug-likeness (QED) is 0.791. The second-order valence-electron chi connectivity index (χ2n) is 4.15. The van der Waals surface area contributed by atoms with Crippen LogP contribution in [0.15, 0.2) is 45.3 Å². The Morgan fingerprint density at radius 1 is 1.20 bits per heavy atom. The minimum Gasteiger partial charge on any atom is -0.494 e. The maximum absolute atomic E-state index is 13.9. The molecule has 0 aliphatic heterocycles. The molecule has 106 valence electrons. The molecule has 2 aromatic carbocycles. The van der Waals surface area contributed by atoms with E-state index >= 15 is 0 Å². The molecule has 1 atom stereocenters. The van der Waals surface area contributed by atoms with Gasteiger partial charge in [-0.3, -0.25) is 0 Å². The molecule has 2 aromatic rings. The van der Waals surface area contributed by atoms with Crippen molar-refractivity contribution in [1.82, 2.24) is 0 Å². The van der Waals surface area contributed by atoms with Crippen molar-refractivity contribution in [2.45, 2.75) is 13.0 Å². The first-order chi connectivity index (χ1) is 9.54. The second kappa shape index (κ2) is 6.70. The Morgan fingerprint density at radius 2 is 1.95 bits per heavy atom. The molecule has 0 bridgehead atoms. The van der Waals surface area contributed by atoms with Gasteiger partial charge in [0.1, 0.15) is 17.7 Å². The van der Waals surface area contributed by atoms with Crippen LogP contribution in [-0.2, 0) is 0 Å². The monoisotopic (exact) mass is 402 g/mol. The minimum absolute atomic E-state index is 0.220. The smallest absolute Gasteiger partial charge is 0.130 e. The van der Waals surface area contributed by atoms with Crippen molar-refractivity contribution >= 4 is 31.9 Å². The minimum atomic E-state index is -1.06. The molecule has 20 heavy (non-hydrogen) atoms. The molecule has 0 fully saturated rings. The first-order valence-electron chi connectivity index (χ1n) is 6.08. The summed E-state index contributed by atoms with van der Waals surface area (Å²) in [7, 11) is 0. The summed E-state index contributed by atoms with van der Waals surface area (Å²) in [5.41, 5.74) is 0.802. The van der Waals surface area contributed by atoms with Gasteiger partial charge in [0.25, 0.3) is 0 Å². The summed E-state index contributed by atoms with van der Waals surface area (Å²) in [5, 5.41) is 10.4. The Hall–Kier alpha value is -0.910. The van der Waals surface area contributed by atoms with Gasteiger partial charge >= 0.3 is 0 Å². The van der Waals surface area contributed by atoms with Gasteiger partial charge in [-0.25, -0.2) is 4.39 Å². The molecular weight excluding hydrogens is 391 g/mol. The van der Waals surface area contributed by atoms with E-state index in [-0.39, 0.29) is 5.56 Å². The molecule has 0 amide bonds. The fraction of sp³-hybridized carbons (Fsp3) is 0.200. The van der Waals surface area contributed by atoms with Gasteiger partial charge in [0.2, 0.25) is 0 Å². The predicted molar refractivity (Wildman–Crippen MR) is 83.5 cm³/mol. The van der Waals surface area contributed by atoms with Crippen LogP contribution in [0.25, 0.3) is 0 Å². The third kappa shape index (κ3) is 3.22. The molecule has 0 aliphatic rings. The summed E-state index contributed by atoms with van der Waals surface area (Å²) in [5.74, 6) is 0.246. The van der Waals surface area contributed by atoms with Crippen molar-refractivity contribution in [3.63, 3.8) is 0 Å². The standard InChI is InChI=1S/C15H13Br2FO2/c1-2-20-9-6-7-10(12(17)8-9)15(19)14-11(16)4-3-5-13(14)18/h3-8,15,19H,2H2,1H3. The number of aliphatic hydroxyl groups is 1. The highest BCUT2D eigenvalue weighted by Crippen LogP contribution is 2.35. The van der Waals surface area contributed by atoms with Crippen molar-refractivity contribution < 1.29 is 14.2 Å². The molecule has 0 spiro atoms. The molecule has 2 nitrogen and oxygen atoms in total. The zero-order valence-electron chi connectivity index (χ0n) is 10.7. The Morgan fingerprint density at radius 3 is 2.55 bits per heavy atom. The van der Waals surface area contributed by atoms with E-state index < -0.39 is 11.9 Å². The predicted octanol–water partition coefficient (Wildman–Crippen LogP) is 4.83. The molecule has 1 N–H and O–H groups in total. The highest BCUT2D eigenvalue weighted by molar-refractivity contribution is 9.10. The summed E-state index contributed by atoms with van der Waals surface area (Å²) in [6.45, 7) is 2.46. The molecule has 0 saturated heterocycles. The lowest BCUT2D eigenvalue weighted by Crippen LogP contribution is -2.05. The highest BCUT2D eigenvalue weighted by Gasteiger charge is 2.20. The maximum atomic E-state index is 13.9. The van der Waals surface area contributed by atoms with Gasteiger partial charge in [-0.1, -0.05) is 44.0 Å². The zero-order chi connectivity index (χ0) is 14.7. The third-order valence-corrected chi connectivity index (χ3v) is 4.23. The van der Waals surface area contributed by atoms with Crippen LogP contribution in [0.1, 0.15) is 24.2 Å². The SMILES string of the molecule is CCOc1ccc(C(O)c2c(F)cccc2Br)c(Br)c1. The van der Waals surface area contributed by atoms with E-state index in [1.54, 1.807) is 30.3 Å². The summed E-state index contributed by atoms with van der Waals surface area (Å²) in [6, 6.07) is 9.84. The van der Waals surface area contributed by atoms with Gasteiger partial charge in [-0.15, -0.1) is 0 Å². The van der Waals surface area contributed by atoms with Crippen LogP contribution in [0.2, 0.25) is 0 Å². The summed E-state index contributed by atoms with van der Waals surface area (Å²) >= 11 is 6.66. The van der Waals surface area contributed by atoms with Crippen LogP contribution in [0.4, 0.5) is 4.39 Å². The van der Waals surface area contributed by atoms with E-state index in [1.807, 2.05) is 6.92 Å². The van der Waals surface area contributed by atoms with E-state index in [4.69, 9.17) is 4.74 Å². The molecule has 5 heteroatoms. The number of aliphatic hydroxyl groups excluding tert-OH is 1. The number of halogens is 3. The number of hydrogen-bond acceptors (Lipinski definition) is 2. The second-order valence-corrected chi connectivity index (χ2v) is 5.86. The zero-order valence-corrected chi connectivity index (χ0v) is 13.9. The molecule has 0 aromatic heterocycles. The van der Waals surface area contributed by atoms with E-state index in [9.17, 15) is 9.50 Å². The fourth-order valence-electron chi connectivity index (χ4n) is 1.91. The Labute approximate surface area is 133 Å². The largest absolute Gasteiger partial charge is 0.494 e. The van der Waals surface area contributed by atoms with E-state index in [1.165, 1.54) is 6.07 Å². The topological polar surface area (TPSA) is 29.5 Å². The molecule has 2 rings (SSSR count). The van der Waals surface area contributed by atoms with Gasteiger partial charge in [0, 0.05) is 14.5 Å². The van der Waals surface area contributed by atoms with E-state index in [2.05, 4.69) is 31.9 Å². The van der Waals surface area contributed by atoms with Crippen molar-refractivity contribution in [2.24, 2.45) is 0 Å². The van der Waals surface area contributed by atoms with Crippen molar-refractivity contribution in [3.05, 3.63) is 62.3 Å². The Bertz CT molecular complexity index is 597. The first-order valence-corrected chi connectivity index (χ1v) is 7.67. The van der Waals surface area contributed by atoms with Crippen LogP contribution < -0.4 is 4.74 Å². The van der Waals surface area contributed by atoms with Crippen LogP contribution in [0, 0.1) is 5.82 Å². The summed E-state index contributed by atoms with van der Waals surface area (Å²) in [4.78, 5) is 0. The highest BCUT2D eigenvalue weighted by atomic mass is 79.9. The lowest BCUT2D eigenvalue weighted by Gasteiger charge is -2.16. The van der Waals surface area contributed by atoms with Crippen molar-refractivity contribution in [2.75, 3.05) is 6.61 Å². The summed E-state index contributed by atoms with van der Waals surface area (Å²) < 4.78 is 20.5. The average Bonchev–Trinajstić information content (AvgIpc) is 2.38. The molecule has 0 saturated carbocycles. The number of rotatable bonds is 4. The lowest BCUT2D eigenvalue weighted by atomic mass is 10.0. The van der Waals surface area contributed by atoms with Gasteiger partial charge < -0.3 is 9.84 Å². The van der Waals surface area contributed by atoms with Crippen LogP contribution in [0.3, 0.4) is 0 Å². The third-order valence-electron chi connectivity index (χ3n) is 2.85. The molecule has 0 radical (unpaired) electrons. The average molecular weight is 404 g/mol.